The number of hydrogen-bond acceptors (Lipinski definition) is 2. The van der Waals surface area contributed by atoms with Crippen LogP contribution in [0.1, 0.15) is 18.1 Å². The topological polar surface area (TPSA) is 41.1 Å². The minimum absolute atomic E-state index is 0.127. The van der Waals surface area contributed by atoms with Crippen LogP contribution in [0.4, 0.5) is 13.2 Å². The molecule has 0 saturated heterocycles. The van der Waals surface area contributed by atoms with E-state index in [0.717, 1.165) is 17.7 Å². The Hall–Kier alpha value is -1.56. The van der Waals surface area contributed by atoms with Gasteiger partial charge in [0.15, 0.2) is 0 Å². The van der Waals surface area contributed by atoms with Gasteiger partial charge in [0.25, 0.3) is 0 Å². The van der Waals surface area contributed by atoms with Crippen molar-refractivity contribution in [1.29, 1.82) is 0 Å². The first-order valence-corrected chi connectivity index (χ1v) is 5.93. The lowest BCUT2D eigenvalue weighted by molar-refractivity contribution is -0.137. The largest absolute Gasteiger partial charge is 0.416 e. The first-order chi connectivity index (χ1) is 8.82. The van der Waals surface area contributed by atoms with E-state index < -0.39 is 11.7 Å². The van der Waals surface area contributed by atoms with E-state index >= 15 is 0 Å². The van der Waals surface area contributed by atoms with Crippen LogP contribution in [0, 0.1) is 0 Å². The van der Waals surface area contributed by atoms with Gasteiger partial charge < -0.3 is 10.6 Å². The van der Waals surface area contributed by atoms with Gasteiger partial charge in [0.1, 0.15) is 0 Å². The van der Waals surface area contributed by atoms with Gasteiger partial charge in [-0.2, -0.15) is 13.2 Å². The lowest BCUT2D eigenvalue weighted by Crippen LogP contribution is -2.39. The van der Waals surface area contributed by atoms with E-state index in [2.05, 4.69) is 10.6 Å². The molecule has 106 valence electrons. The Bertz CT molecular complexity index is 415. The number of hydrogen-bond donors (Lipinski definition) is 2. The summed E-state index contributed by atoms with van der Waals surface area (Å²) in [6.07, 6.45) is -3.82. The third kappa shape index (κ3) is 5.30. The molecule has 1 amide bonds. The molecular weight excluding hydrogens is 257 g/mol. The Kier molecular flexibility index (Phi) is 5.35. The maximum atomic E-state index is 12.4. The fourth-order valence-corrected chi connectivity index (χ4v) is 1.72. The molecular formula is C13H17F3N2O. The van der Waals surface area contributed by atoms with Crippen LogP contribution in [0.3, 0.4) is 0 Å². The summed E-state index contributed by atoms with van der Waals surface area (Å²) in [5.74, 6) is -0.137. The van der Waals surface area contributed by atoms with E-state index in [-0.39, 0.29) is 18.5 Å². The number of benzene rings is 1. The average molecular weight is 274 g/mol. The molecule has 0 aliphatic carbocycles. The van der Waals surface area contributed by atoms with E-state index in [9.17, 15) is 18.0 Å². The second kappa shape index (κ2) is 6.56. The van der Waals surface area contributed by atoms with Crippen LogP contribution in [0.15, 0.2) is 24.3 Å². The van der Waals surface area contributed by atoms with Crippen LogP contribution >= 0.6 is 0 Å². The standard InChI is InChI=1S/C13H17F3N2O/c1-9(18-12(19)8-17-2)7-10-3-5-11(6-4-10)13(14,15)16/h3-6,9,17H,7-8H2,1-2H3,(H,18,19). The van der Waals surface area contributed by atoms with Crippen molar-refractivity contribution in [2.75, 3.05) is 13.6 Å². The second-order valence-electron chi connectivity index (χ2n) is 4.40. The van der Waals surface area contributed by atoms with Gasteiger partial charge in [-0.1, -0.05) is 12.1 Å². The van der Waals surface area contributed by atoms with E-state index in [4.69, 9.17) is 0 Å². The Morgan fingerprint density at radius 2 is 1.84 bits per heavy atom. The fourth-order valence-electron chi connectivity index (χ4n) is 1.72. The quantitative estimate of drug-likeness (QED) is 0.862. The Balaban J connectivity index is 2.56. The first kappa shape index (κ1) is 15.5. The van der Waals surface area contributed by atoms with Crippen LogP contribution in [0.25, 0.3) is 0 Å². The summed E-state index contributed by atoms with van der Waals surface area (Å²) in [5, 5.41) is 5.47. The lowest BCUT2D eigenvalue weighted by atomic mass is 10.0. The summed E-state index contributed by atoms with van der Waals surface area (Å²) in [6, 6.07) is 4.85. The molecule has 0 radical (unpaired) electrons. The molecule has 0 bridgehead atoms. The second-order valence-corrected chi connectivity index (χ2v) is 4.40. The SMILES string of the molecule is CNCC(=O)NC(C)Cc1ccc(C(F)(F)F)cc1. The van der Waals surface area contributed by atoms with Gasteiger partial charge in [-0.25, -0.2) is 0 Å². The van der Waals surface area contributed by atoms with Gasteiger partial charge in [0.05, 0.1) is 12.1 Å². The van der Waals surface area contributed by atoms with Crippen LogP contribution in [0.2, 0.25) is 0 Å². The summed E-state index contributed by atoms with van der Waals surface area (Å²) >= 11 is 0. The molecule has 3 nitrogen and oxygen atoms in total. The fraction of sp³-hybridized carbons (Fsp3) is 0.462. The summed E-state index contributed by atoms with van der Waals surface area (Å²) in [6.45, 7) is 2.03. The Labute approximate surface area is 110 Å². The minimum atomic E-state index is -4.31. The van der Waals surface area contributed by atoms with Crippen LogP contribution in [-0.2, 0) is 17.4 Å². The molecule has 1 aromatic carbocycles. The zero-order chi connectivity index (χ0) is 14.5. The molecule has 6 heteroatoms. The normalized spacial score (nSPS) is 13.1. The molecule has 19 heavy (non-hydrogen) atoms. The lowest BCUT2D eigenvalue weighted by Gasteiger charge is -2.14. The summed E-state index contributed by atoms with van der Waals surface area (Å²) in [5.41, 5.74) is 0.0911. The molecule has 1 aromatic rings. The highest BCUT2D eigenvalue weighted by atomic mass is 19.4. The molecule has 0 aliphatic rings. The number of carbonyl (C=O) groups is 1. The Morgan fingerprint density at radius 3 is 2.32 bits per heavy atom. The summed E-state index contributed by atoms with van der Waals surface area (Å²) < 4.78 is 37.1. The monoisotopic (exact) mass is 274 g/mol. The Morgan fingerprint density at radius 1 is 1.26 bits per heavy atom. The molecule has 0 saturated carbocycles. The summed E-state index contributed by atoms with van der Waals surface area (Å²) in [4.78, 5) is 11.3. The predicted octanol–water partition coefficient (Wildman–Crippen LogP) is 1.97. The third-order valence-corrected chi connectivity index (χ3v) is 2.57. The molecule has 1 unspecified atom stereocenters. The van der Waals surface area contributed by atoms with Crippen LogP contribution < -0.4 is 10.6 Å². The zero-order valence-electron chi connectivity index (χ0n) is 10.8. The average Bonchev–Trinajstić information content (AvgIpc) is 2.28. The number of rotatable bonds is 5. The zero-order valence-corrected chi connectivity index (χ0v) is 10.8. The van der Waals surface area contributed by atoms with Gasteiger partial charge in [0.2, 0.25) is 5.91 Å². The van der Waals surface area contributed by atoms with E-state index in [1.54, 1.807) is 7.05 Å². The molecule has 1 atom stereocenters. The van der Waals surface area contributed by atoms with Crippen molar-refractivity contribution in [3.8, 4) is 0 Å². The highest BCUT2D eigenvalue weighted by molar-refractivity contribution is 5.78. The number of amides is 1. The molecule has 0 aliphatic heterocycles. The molecule has 0 fully saturated rings. The van der Waals surface area contributed by atoms with Gasteiger partial charge in [-0.05, 0) is 38.1 Å². The molecule has 0 heterocycles. The first-order valence-electron chi connectivity index (χ1n) is 5.93. The van der Waals surface area contributed by atoms with Crippen LogP contribution in [-0.4, -0.2) is 25.5 Å². The highest BCUT2D eigenvalue weighted by Crippen LogP contribution is 2.29. The van der Waals surface area contributed by atoms with Gasteiger partial charge in [-0.3, -0.25) is 4.79 Å². The molecule has 0 spiro atoms. The number of halogens is 3. The van der Waals surface area contributed by atoms with Gasteiger partial charge in [-0.15, -0.1) is 0 Å². The predicted molar refractivity (Wildman–Crippen MR) is 66.7 cm³/mol. The van der Waals surface area contributed by atoms with Gasteiger partial charge >= 0.3 is 6.18 Å². The van der Waals surface area contributed by atoms with E-state index in [1.165, 1.54) is 12.1 Å². The van der Waals surface area contributed by atoms with E-state index in [1.807, 2.05) is 6.92 Å². The third-order valence-electron chi connectivity index (χ3n) is 2.57. The van der Waals surface area contributed by atoms with Crippen molar-refractivity contribution < 1.29 is 18.0 Å². The minimum Gasteiger partial charge on any atom is -0.352 e. The van der Waals surface area contributed by atoms with Crippen LogP contribution in [0.5, 0.6) is 0 Å². The maximum Gasteiger partial charge on any atom is 0.416 e. The van der Waals surface area contributed by atoms with Crippen molar-refractivity contribution in [2.24, 2.45) is 0 Å². The van der Waals surface area contributed by atoms with Crippen molar-refractivity contribution in [2.45, 2.75) is 25.6 Å². The number of nitrogens with one attached hydrogen (secondary N) is 2. The maximum absolute atomic E-state index is 12.4. The number of alkyl halides is 3. The molecule has 2 N–H and O–H groups in total. The number of likely N-dealkylation sites (N-methyl/N-ethyl adjacent to an activating group) is 1. The summed E-state index contributed by atoms with van der Waals surface area (Å²) in [7, 11) is 1.67. The smallest absolute Gasteiger partial charge is 0.352 e. The van der Waals surface area contributed by atoms with Crippen molar-refractivity contribution in [3.63, 3.8) is 0 Å². The van der Waals surface area contributed by atoms with E-state index in [0.29, 0.717) is 6.42 Å². The van der Waals surface area contributed by atoms with Gasteiger partial charge in [0, 0.05) is 6.04 Å². The number of carbonyl (C=O) groups excluding carboxylic acids is 1. The molecule has 0 aromatic heterocycles. The van der Waals surface area contributed by atoms with Crippen molar-refractivity contribution in [1.82, 2.24) is 10.6 Å². The van der Waals surface area contributed by atoms with Crippen molar-refractivity contribution in [3.05, 3.63) is 35.4 Å². The molecule has 1 rings (SSSR count). The highest BCUT2D eigenvalue weighted by Gasteiger charge is 2.29. The van der Waals surface area contributed by atoms with Crippen molar-refractivity contribution >= 4 is 5.91 Å².